The van der Waals surface area contributed by atoms with Gasteiger partial charge >= 0.3 is 0 Å². The first kappa shape index (κ1) is 15.3. The minimum atomic E-state index is 0.0936. The second-order valence-corrected chi connectivity index (χ2v) is 4.86. The van der Waals surface area contributed by atoms with Crippen molar-refractivity contribution in [2.24, 2.45) is 0 Å². The molecule has 0 saturated heterocycles. The summed E-state index contributed by atoms with van der Waals surface area (Å²) in [6.45, 7) is 6.33. The topological polar surface area (TPSA) is 23.6 Å². The van der Waals surface area contributed by atoms with E-state index < -0.39 is 0 Å². The van der Waals surface area contributed by atoms with E-state index in [4.69, 9.17) is 0 Å². The van der Waals surface area contributed by atoms with Gasteiger partial charge in [0.05, 0.1) is 6.54 Å². The van der Waals surface area contributed by atoms with Gasteiger partial charge in [-0.15, -0.1) is 0 Å². The lowest BCUT2D eigenvalue weighted by atomic mass is 10.2. The molecule has 0 bridgehead atoms. The summed E-state index contributed by atoms with van der Waals surface area (Å²) < 4.78 is 0. The Morgan fingerprint density at radius 3 is 1.62 bits per heavy atom. The van der Waals surface area contributed by atoms with Gasteiger partial charge in [-0.05, 0) is 37.4 Å². The molecule has 0 aliphatic heterocycles. The van der Waals surface area contributed by atoms with Crippen LogP contribution in [0.15, 0.2) is 60.7 Å². The van der Waals surface area contributed by atoms with E-state index in [1.54, 1.807) is 4.90 Å². The Labute approximate surface area is 126 Å². The number of hydrogen-bond acceptors (Lipinski definition) is 2. The van der Waals surface area contributed by atoms with Crippen molar-refractivity contribution in [2.45, 2.75) is 13.8 Å². The molecule has 110 valence electrons. The Morgan fingerprint density at radius 2 is 1.24 bits per heavy atom. The van der Waals surface area contributed by atoms with E-state index >= 15 is 0 Å². The number of rotatable bonds is 6. The molecule has 0 fully saturated rings. The van der Waals surface area contributed by atoms with Crippen LogP contribution in [0, 0.1) is 0 Å². The van der Waals surface area contributed by atoms with Crippen LogP contribution < -0.4 is 4.90 Å². The number of carbonyl (C=O) groups excluding carboxylic acids is 1. The van der Waals surface area contributed by atoms with E-state index in [1.165, 1.54) is 0 Å². The maximum atomic E-state index is 12.8. The van der Waals surface area contributed by atoms with Gasteiger partial charge in [0.25, 0.3) is 0 Å². The van der Waals surface area contributed by atoms with Crippen LogP contribution in [0.2, 0.25) is 0 Å². The molecule has 0 aliphatic carbocycles. The zero-order valence-electron chi connectivity index (χ0n) is 12.7. The molecule has 0 saturated carbocycles. The van der Waals surface area contributed by atoms with Crippen LogP contribution in [-0.2, 0) is 4.79 Å². The average Bonchev–Trinajstić information content (AvgIpc) is 2.55. The van der Waals surface area contributed by atoms with E-state index in [9.17, 15) is 4.79 Å². The summed E-state index contributed by atoms with van der Waals surface area (Å²) in [5.74, 6) is 0.0936. The van der Waals surface area contributed by atoms with Crippen molar-refractivity contribution in [1.82, 2.24) is 4.90 Å². The summed E-state index contributed by atoms with van der Waals surface area (Å²) in [5, 5.41) is 0. The van der Waals surface area contributed by atoms with Gasteiger partial charge in [-0.25, -0.2) is 0 Å². The highest BCUT2D eigenvalue weighted by Crippen LogP contribution is 2.25. The molecule has 3 heteroatoms. The standard InChI is InChI=1S/C18H22N2O/c1-3-19(4-2)15-18(21)20(16-11-7-5-8-12-16)17-13-9-6-10-14-17/h5-14H,3-4,15H2,1-2H3. The van der Waals surface area contributed by atoms with Crippen molar-refractivity contribution in [1.29, 1.82) is 0 Å². The van der Waals surface area contributed by atoms with E-state index in [-0.39, 0.29) is 5.91 Å². The Balaban J connectivity index is 2.31. The first-order valence-electron chi connectivity index (χ1n) is 7.41. The number of benzene rings is 2. The van der Waals surface area contributed by atoms with Crippen molar-refractivity contribution in [2.75, 3.05) is 24.5 Å². The van der Waals surface area contributed by atoms with E-state index in [0.29, 0.717) is 6.54 Å². The van der Waals surface area contributed by atoms with Crippen LogP contribution in [0.3, 0.4) is 0 Å². The molecule has 2 aromatic rings. The third-order valence-electron chi connectivity index (χ3n) is 3.53. The fourth-order valence-electron chi connectivity index (χ4n) is 2.30. The third kappa shape index (κ3) is 3.92. The molecule has 3 nitrogen and oxygen atoms in total. The zero-order chi connectivity index (χ0) is 15.1. The molecule has 0 N–H and O–H groups in total. The molecule has 0 atom stereocenters. The van der Waals surface area contributed by atoms with Crippen LogP contribution in [0.4, 0.5) is 11.4 Å². The molecular formula is C18H22N2O. The third-order valence-corrected chi connectivity index (χ3v) is 3.53. The first-order chi connectivity index (χ1) is 10.3. The predicted molar refractivity (Wildman–Crippen MR) is 87.8 cm³/mol. The number of likely N-dealkylation sites (N-methyl/N-ethyl adjacent to an activating group) is 1. The number of para-hydroxylation sites is 2. The van der Waals surface area contributed by atoms with Crippen LogP contribution in [0.1, 0.15) is 13.8 Å². The van der Waals surface area contributed by atoms with E-state index in [2.05, 4.69) is 18.7 Å². The second-order valence-electron chi connectivity index (χ2n) is 4.86. The fourth-order valence-corrected chi connectivity index (χ4v) is 2.30. The summed E-state index contributed by atoms with van der Waals surface area (Å²) in [5.41, 5.74) is 1.81. The highest BCUT2D eigenvalue weighted by molar-refractivity contribution is 6.01. The quantitative estimate of drug-likeness (QED) is 0.806. The molecule has 1 amide bonds. The van der Waals surface area contributed by atoms with Gasteiger partial charge in [0.15, 0.2) is 0 Å². The molecular weight excluding hydrogens is 260 g/mol. The summed E-state index contributed by atoms with van der Waals surface area (Å²) in [6.07, 6.45) is 0. The molecule has 2 rings (SSSR count). The van der Waals surface area contributed by atoms with Gasteiger partial charge < -0.3 is 0 Å². The van der Waals surface area contributed by atoms with Gasteiger partial charge in [-0.1, -0.05) is 50.2 Å². The monoisotopic (exact) mass is 282 g/mol. The van der Waals surface area contributed by atoms with Crippen LogP contribution >= 0.6 is 0 Å². The minimum absolute atomic E-state index is 0.0936. The Kier molecular flexibility index (Phi) is 5.52. The molecule has 0 radical (unpaired) electrons. The number of carbonyl (C=O) groups is 1. The van der Waals surface area contributed by atoms with Gasteiger partial charge in [0.2, 0.25) is 5.91 Å². The van der Waals surface area contributed by atoms with Crippen molar-refractivity contribution in [3.63, 3.8) is 0 Å². The van der Waals surface area contributed by atoms with Gasteiger partial charge in [-0.3, -0.25) is 14.6 Å². The SMILES string of the molecule is CCN(CC)CC(=O)N(c1ccccc1)c1ccccc1. The smallest absolute Gasteiger partial charge is 0.245 e. The zero-order valence-corrected chi connectivity index (χ0v) is 12.7. The molecule has 0 aliphatic rings. The summed E-state index contributed by atoms with van der Waals surface area (Å²) in [4.78, 5) is 16.7. The number of amides is 1. The normalized spacial score (nSPS) is 10.6. The lowest BCUT2D eigenvalue weighted by Gasteiger charge is -2.26. The van der Waals surface area contributed by atoms with Gasteiger partial charge in [0.1, 0.15) is 0 Å². The molecule has 0 spiro atoms. The number of hydrogen-bond donors (Lipinski definition) is 0. The minimum Gasteiger partial charge on any atom is -0.295 e. The Bertz CT molecular complexity index is 510. The van der Waals surface area contributed by atoms with Crippen molar-refractivity contribution >= 4 is 17.3 Å². The van der Waals surface area contributed by atoms with E-state index in [1.807, 2.05) is 60.7 Å². The van der Waals surface area contributed by atoms with E-state index in [0.717, 1.165) is 24.5 Å². The lowest BCUT2D eigenvalue weighted by molar-refractivity contribution is -0.119. The van der Waals surface area contributed by atoms with Gasteiger partial charge in [-0.2, -0.15) is 0 Å². The van der Waals surface area contributed by atoms with Crippen molar-refractivity contribution in [3.8, 4) is 0 Å². The molecule has 21 heavy (non-hydrogen) atoms. The first-order valence-corrected chi connectivity index (χ1v) is 7.41. The fraction of sp³-hybridized carbons (Fsp3) is 0.278. The number of nitrogens with zero attached hydrogens (tertiary/aromatic N) is 2. The molecule has 0 unspecified atom stereocenters. The maximum Gasteiger partial charge on any atom is 0.245 e. The van der Waals surface area contributed by atoms with Crippen LogP contribution in [-0.4, -0.2) is 30.4 Å². The van der Waals surface area contributed by atoms with Crippen molar-refractivity contribution < 1.29 is 4.79 Å². The predicted octanol–water partition coefficient (Wildman–Crippen LogP) is 3.69. The second kappa shape index (κ2) is 7.60. The molecule has 2 aromatic carbocycles. The highest BCUT2D eigenvalue weighted by Gasteiger charge is 2.19. The summed E-state index contributed by atoms with van der Waals surface area (Å²) in [7, 11) is 0. The van der Waals surface area contributed by atoms with Crippen LogP contribution in [0.5, 0.6) is 0 Å². The van der Waals surface area contributed by atoms with Crippen molar-refractivity contribution in [3.05, 3.63) is 60.7 Å². The van der Waals surface area contributed by atoms with Gasteiger partial charge in [0, 0.05) is 11.4 Å². The average molecular weight is 282 g/mol. The Hall–Kier alpha value is -2.13. The highest BCUT2D eigenvalue weighted by atomic mass is 16.2. The van der Waals surface area contributed by atoms with Crippen LogP contribution in [0.25, 0.3) is 0 Å². The summed E-state index contributed by atoms with van der Waals surface area (Å²) >= 11 is 0. The molecule has 0 heterocycles. The lowest BCUT2D eigenvalue weighted by Crippen LogP contribution is -2.38. The summed E-state index contributed by atoms with van der Waals surface area (Å²) in [6, 6.07) is 19.6. The largest absolute Gasteiger partial charge is 0.295 e. The maximum absolute atomic E-state index is 12.8. The number of anilines is 2. The Morgan fingerprint density at radius 1 is 0.810 bits per heavy atom. The molecule has 0 aromatic heterocycles.